The molecule has 14 heavy (non-hydrogen) atoms. The van der Waals surface area contributed by atoms with Crippen LogP contribution in [0.25, 0.3) is 0 Å². The SMILES string of the molecule is CC(=O)Oc1cccc(CCCBr)c1. The number of ether oxygens (including phenoxy) is 1. The van der Waals surface area contributed by atoms with Crippen LogP contribution in [-0.2, 0) is 11.2 Å². The first-order valence-corrected chi connectivity index (χ1v) is 5.68. The molecule has 0 saturated carbocycles. The summed E-state index contributed by atoms with van der Waals surface area (Å²) in [6, 6.07) is 7.64. The zero-order chi connectivity index (χ0) is 10.4. The van der Waals surface area contributed by atoms with Crippen LogP contribution < -0.4 is 4.74 Å². The van der Waals surface area contributed by atoms with Gasteiger partial charge >= 0.3 is 5.97 Å². The highest BCUT2D eigenvalue weighted by Crippen LogP contribution is 2.15. The fourth-order valence-electron chi connectivity index (χ4n) is 1.20. The van der Waals surface area contributed by atoms with E-state index in [4.69, 9.17) is 4.74 Å². The Kier molecular flexibility index (Phi) is 4.66. The molecule has 0 aliphatic heterocycles. The highest BCUT2D eigenvalue weighted by Gasteiger charge is 1.99. The van der Waals surface area contributed by atoms with E-state index >= 15 is 0 Å². The van der Waals surface area contributed by atoms with Crippen LogP contribution in [0.15, 0.2) is 24.3 Å². The molecule has 0 spiro atoms. The van der Waals surface area contributed by atoms with Crippen molar-refractivity contribution >= 4 is 21.9 Å². The van der Waals surface area contributed by atoms with E-state index in [1.165, 1.54) is 12.5 Å². The van der Waals surface area contributed by atoms with Crippen LogP contribution in [0.1, 0.15) is 18.9 Å². The van der Waals surface area contributed by atoms with E-state index in [2.05, 4.69) is 15.9 Å². The number of aryl methyl sites for hydroxylation is 1. The molecule has 1 rings (SSSR count). The molecule has 3 heteroatoms. The molecule has 0 heterocycles. The number of carbonyl (C=O) groups excluding carboxylic acids is 1. The van der Waals surface area contributed by atoms with Crippen LogP contribution >= 0.6 is 15.9 Å². The molecule has 76 valence electrons. The van der Waals surface area contributed by atoms with Crippen molar-refractivity contribution in [2.75, 3.05) is 5.33 Å². The third kappa shape index (κ3) is 3.92. The number of halogens is 1. The molecule has 1 aromatic rings. The zero-order valence-corrected chi connectivity index (χ0v) is 9.71. The summed E-state index contributed by atoms with van der Waals surface area (Å²) in [5.74, 6) is 0.354. The lowest BCUT2D eigenvalue weighted by Gasteiger charge is -2.03. The van der Waals surface area contributed by atoms with Crippen molar-refractivity contribution in [3.05, 3.63) is 29.8 Å². The number of carbonyl (C=O) groups is 1. The summed E-state index contributed by atoms with van der Waals surface area (Å²) in [7, 11) is 0. The van der Waals surface area contributed by atoms with Gasteiger partial charge in [0.05, 0.1) is 0 Å². The van der Waals surface area contributed by atoms with E-state index in [0.717, 1.165) is 18.2 Å². The Hall–Kier alpha value is -0.830. The van der Waals surface area contributed by atoms with E-state index in [1.54, 1.807) is 6.07 Å². The van der Waals surface area contributed by atoms with Crippen molar-refractivity contribution in [3.63, 3.8) is 0 Å². The molecule has 0 amide bonds. The smallest absolute Gasteiger partial charge is 0.308 e. The van der Waals surface area contributed by atoms with E-state index in [1.807, 2.05) is 18.2 Å². The van der Waals surface area contributed by atoms with Gasteiger partial charge in [-0.15, -0.1) is 0 Å². The third-order valence-corrected chi connectivity index (χ3v) is 2.32. The minimum Gasteiger partial charge on any atom is -0.427 e. The minimum atomic E-state index is -0.275. The van der Waals surface area contributed by atoms with E-state index in [9.17, 15) is 4.79 Å². The Morgan fingerprint density at radius 1 is 1.50 bits per heavy atom. The van der Waals surface area contributed by atoms with Gasteiger partial charge in [-0.25, -0.2) is 0 Å². The second kappa shape index (κ2) is 5.81. The molecule has 0 aliphatic carbocycles. The lowest BCUT2D eigenvalue weighted by molar-refractivity contribution is -0.131. The fourth-order valence-corrected chi connectivity index (χ4v) is 1.48. The Labute approximate surface area is 92.4 Å². The molecule has 0 atom stereocenters. The number of esters is 1. The summed E-state index contributed by atoms with van der Waals surface area (Å²) in [4.78, 5) is 10.7. The summed E-state index contributed by atoms with van der Waals surface area (Å²) in [6.45, 7) is 1.41. The summed E-state index contributed by atoms with van der Waals surface area (Å²) < 4.78 is 4.98. The molecule has 0 radical (unpaired) electrons. The standard InChI is InChI=1S/C11H13BrO2/c1-9(13)14-11-6-2-4-10(8-11)5-3-7-12/h2,4,6,8H,3,5,7H2,1H3. The van der Waals surface area contributed by atoms with Gasteiger partial charge in [-0.3, -0.25) is 4.79 Å². The number of hydrogen-bond donors (Lipinski definition) is 0. The van der Waals surface area contributed by atoms with Gasteiger partial charge < -0.3 is 4.74 Å². The minimum absolute atomic E-state index is 0.275. The molecule has 0 aromatic heterocycles. The van der Waals surface area contributed by atoms with Crippen LogP contribution in [0.4, 0.5) is 0 Å². The Morgan fingerprint density at radius 3 is 2.93 bits per heavy atom. The number of alkyl halides is 1. The Morgan fingerprint density at radius 2 is 2.29 bits per heavy atom. The first-order valence-electron chi connectivity index (χ1n) is 4.55. The normalized spacial score (nSPS) is 9.86. The van der Waals surface area contributed by atoms with Crippen LogP contribution in [0.5, 0.6) is 5.75 Å². The van der Waals surface area contributed by atoms with Gasteiger partial charge in [-0.2, -0.15) is 0 Å². The van der Waals surface area contributed by atoms with E-state index < -0.39 is 0 Å². The van der Waals surface area contributed by atoms with Gasteiger partial charge in [-0.05, 0) is 30.5 Å². The summed E-state index contributed by atoms with van der Waals surface area (Å²) in [6.07, 6.45) is 2.09. The first kappa shape index (κ1) is 11.2. The summed E-state index contributed by atoms with van der Waals surface area (Å²) in [5, 5.41) is 0.991. The largest absolute Gasteiger partial charge is 0.427 e. The highest BCUT2D eigenvalue weighted by molar-refractivity contribution is 9.09. The lowest BCUT2D eigenvalue weighted by Crippen LogP contribution is -2.01. The van der Waals surface area contributed by atoms with Crippen molar-refractivity contribution < 1.29 is 9.53 Å². The number of rotatable bonds is 4. The number of benzene rings is 1. The van der Waals surface area contributed by atoms with E-state index in [-0.39, 0.29) is 5.97 Å². The van der Waals surface area contributed by atoms with Gasteiger partial charge in [0.1, 0.15) is 5.75 Å². The maximum absolute atomic E-state index is 10.7. The molecular weight excluding hydrogens is 244 g/mol. The molecule has 0 fully saturated rings. The highest BCUT2D eigenvalue weighted by atomic mass is 79.9. The maximum Gasteiger partial charge on any atom is 0.308 e. The zero-order valence-electron chi connectivity index (χ0n) is 8.13. The predicted octanol–water partition coefficient (Wildman–Crippen LogP) is 2.94. The second-order valence-corrected chi connectivity index (χ2v) is 3.83. The average Bonchev–Trinajstić information content (AvgIpc) is 2.14. The molecule has 0 aliphatic rings. The Balaban J connectivity index is 2.63. The van der Waals surface area contributed by atoms with E-state index in [0.29, 0.717) is 5.75 Å². The van der Waals surface area contributed by atoms with Crippen LogP contribution in [0.2, 0.25) is 0 Å². The molecule has 0 unspecified atom stereocenters. The van der Waals surface area contributed by atoms with Crippen molar-refractivity contribution in [2.24, 2.45) is 0 Å². The second-order valence-electron chi connectivity index (χ2n) is 3.03. The van der Waals surface area contributed by atoms with Crippen molar-refractivity contribution in [2.45, 2.75) is 19.8 Å². The van der Waals surface area contributed by atoms with Crippen LogP contribution in [0, 0.1) is 0 Å². The molecule has 0 N–H and O–H groups in total. The quantitative estimate of drug-likeness (QED) is 0.471. The predicted molar refractivity (Wildman–Crippen MR) is 59.9 cm³/mol. The Bertz CT molecular complexity index is 310. The van der Waals surface area contributed by atoms with Gasteiger partial charge in [0.15, 0.2) is 0 Å². The first-order chi connectivity index (χ1) is 6.72. The number of hydrogen-bond acceptors (Lipinski definition) is 2. The van der Waals surface area contributed by atoms with Gasteiger partial charge in [0.2, 0.25) is 0 Å². The van der Waals surface area contributed by atoms with Crippen LogP contribution in [0.3, 0.4) is 0 Å². The monoisotopic (exact) mass is 256 g/mol. The maximum atomic E-state index is 10.7. The topological polar surface area (TPSA) is 26.3 Å². The van der Waals surface area contributed by atoms with Crippen molar-refractivity contribution in [1.82, 2.24) is 0 Å². The van der Waals surface area contributed by atoms with Gasteiger partial charge in [0, 0.05) is 12.3 Å². The third-order valence-electron chi connectivity index (χ3n) is 1.76. The average molecular weight is 257 g/mol. The summed E-state index contributed by atoms with van der Waals surface area (Å²) >= 11 is 3.38. The lowest BCUT2D eigenvalue weighted by atomic mass is 10.1. The summed E-state index contributed by atoms with van der Waals surface area (Å²) in [5.41, 5.74) is 1.20. The molecular formula is C11H13BrO2. The molecule has 1 aromatic carbocycles. The van der Waals surface area contributed by atoms with Gasteiger partial charge in [0.25, 0.3) is 0 Å². The van der Waals surface area contributed by atoms with Crippen molar-refractivity contribution in [3.8, 4) is 5.75 Å². The van der Waals surface area contributed by atoms with Gasteiger partial charge in [-0.1, -0.05) is 28.1 Å². The fraction of sp³-hybridized carbons (Fsp3) is 0.364. The van der Waals surface area contributed by atoms with Crippen LogP contribution in [-0.4, -0.2) is 11.3 Å². The van der Waals surface area contributed by atoms with Crippen molar-refractivity contribution in [1.29, 1.82) is 0 Å². The molecule has 0 bridgehead atoms. The molecule has 0 saturated heterocycles. The molecule has 2 nitrogen and oxygen atoms in total.